The quantitative estimate of drug-likeness (QED) is 0.270. The van der Waals surface area contributed by atoms with Crippen LogP contribution in [0.3, 0.4) is 0 Å². The van der Waals surface area contributed by atoms with Crippen molar-refractivity contribution in [1.29, 1.82) is 0 Å². The molecule has 14 heteroatoms. The zero-order chi connectivity index (χ0) is 22.2. The topological polar surface area (TPSA) is 223 Å². The molecule has 0 radical (unpaired) electrons. The van der Waals surface area contributed by atoms with Gasteiger partial charge in [-0.1, -0.05) is 0 Å². The molecule has 4 rings (SSSR count). The molecule has 2 aliphatic rings. The summed E-state index contributed by atoms with van der Waals surface area (Å²) in [4.78, 5) is 45.1. The fraction of sp³-hybridized carbons (Fsp3) is 0.500. The number of carboxylic acid groups (broad SMARTS) is 1. The van der Waals surface area contributed by atoms with E-state index < -0.39 is 54.3 Å². The van der Waals surface area contributed by atoms with Gasteiger partial charge >= 0.3 is 0 Å². The number of aliphatic carboxylic acids is 1. The Morgan fingerprint density at radius 2 is 2.03 bits per heavy atom. The molecule has 2 saturated heterocycles. The van der Waals surface area contributed by atoms with E-state index in [0.717, 1.165) is 6.92 Å². The summed E-state index contributed by atoms with van der Waals surface area (Å²) in [6.07, 6.45) is -2.19. The van der Waals surface area contributed by atoms with E-state index in [1.807, 2.05) is 0 Å². The van der Waals surface area contributed by atoms with Gasteiger partial charge in [-0.05, 0) is 0 Å². The van der Waals surface area contributed by atoms with E-state index in [2.05, 4.69) is 20.3 Å². The number of aromatic nitrogens is 4. The molecule has 2 aromatic rings. The second-order valence-corrected chi connectivity index (χ2v) is 6.76. The molecule has 2 fully saturated rings. The van der Waals surface area contributed by atoms with Gasteiger partial charge in [0.25, 0.3) is 5.97 Å². The van der Waals surface area contributed by atoms with Gasteiger partial charge in [0, 0.05) is 13.3 Å². The third-order valence-corrected chi connectivity index (χ3v) is 4.85. The number of rotatable bonds is 3. The molecule has 30 heavy (non-hydrogen) atoms. The third-order valence-electron chi connectivity index (χ3n) is 4.85. The van der Waals surface area contributed by atoms with E-state index in [4.69, 9.17) is 20.4 Å². The standard InChI is InChI=1S/C14H16N6O6.C2H4O2/c15-11-8-12(17-3-16-11)20(4-18-8)14(5-1-7(22)19-13(5)25)10(24)9(23)6(2-21)26-14;1-2(3)4/h3-6,9-10,21,23-24H,1-2H2,(H2,15,16,17)(H,19,22,25);1H3,(H,3,4)/t5-,6-,9-,10-,14-;/m1./s1. The fourth-order valence-electron chi connectivity index (χ4n) is 3.63. The Balaban J connectivity index is 0.000000589. The Morgan fingerprint density at radius 3 is 2.57 bits per heavy atom. The summed E-state index contributed by atoms with van der Waals surface area (Å²) < 4.78 is 7.03. The maximum absolute atomic E-state index is 12.4. The highest BCUT2D eigenvalue weighted by atomic mass is 16.6. The van der Waals surface area contributed by atoms with Gasteiger partial charge in [0.15, 0.2) is 17.2 Å². The molecule has 0 aromatic carbocycles. The average Bonchev–Trinajstić information content (AvgIpc) is 3.32. The molecule has 2 aromatic heterocycles. The Labute approximate surface area is 168 Å². The second kappa shape index (κ2) is 7.91. The van der Waals surface area contributed by atoms with Crippen LogP contribution in [0.25, 0.3) is 11.2 Å². The highest BCUT2D eigenvalue weighted by Crippen LogP contribution is 2.45. The van der Waals surface area contributed by atoms with E-state index in [1.165, 1.54) is 17.2 Å². The number of nitrogen functional groups attached to an aromatic ring is 1. The van der Waals surface area contributed by atoms with Crippen LogP contribution in [0.4, 0.5) is 5.82 Å². The monoisotopic (exact) mass is 424 g/mol. The summed E-state index contributed by atoms with van der Waals surface area (Å²) in [5, 5.41) is 40.1. The molecule has 162 valence electrons. The second-order valence-electron chi connectivity index (χ2n) is 6.76. The number of carbonyl (C=O) groups excluding carboxylic acids is 2. The molecule has 14 nitrogen and oxygen atoms in total. The van der Waals surface area contributed by atoms with Crippen molar-refractivity contribution in [1.82, 2.24) is 24.8 Å². The molecule has 2 aliphatic heterocycles. The third kappa shape index (κ3) is 3.35. The highest BCUT2D eigenvalue weighted by Gasteiger charge is 2.63. The van der Waals surface area contributed by atoms with Crippen molar-refractivity contribution in [2.24, 2.45) is 5.92 Å². The van der Waals surface area contributed by atoms with Crippen LogP contribution >= 0.6 is 0 Å². The van der Waals surface area contributed by atoms with Gasteiger partial charge in [0.2, 0.25) is 11.8 Å². The Hall–Kier alpha value is -3.20. The first-order valence-electron chi connectivity index (χ1n) is 8.75. The number of nitrogens with zero attached hydrogens (tertiary/aromatic N) is 4. The van der Waals surface area contributed by atoms with Crippen molar-refractivity contribution in [3.63, 3.8) is 0 Å². The lowest BCUT2D eigenvalue weighted by atomic mass is 9.87. The van der Waals surface area contributed by atoms with Crippen LogP contribution in [-0.2, 0) is 24.8 Å². The lowest BCUT2D eigenvalue weighted by Crippen LogP contribution is -2.53. The lowest BCUT2D eigenvalue weighted by Gasteiger charge is -2.37. The largest absolute Gasteiger partial charge is 0.481 e. The summed E-state index contributed by atoms with van der Waals surface area (Å²) in [5.41, 5.74) is 4.22. The van der Waals surface area contributed by atoms with Crippen LogP contribution in [0.15, 0.2) is 12.7 Å². The number of carboxylic acids is 1. The molecule has 0 bridgehead atoms. The van der Waals surface area contributed by atoms with E-state index in [0.29, 0.717) is 0 Å². The number of fused-ring (bicyclic) bond motifs is 1. The number of amides is 2. The number of aliphatic hydroxyl groups excluding tert-OH is 3. The van der Waals surface area contributed by atoms with Gasteiger partial charge < -0.3 is 30.9 Å². The van der Waals surface area contributed by atoms with Crippen molar-refractivity contribution < 1.29 is 39.5 Å². The molecular weight excluding hydrogens is 404 g/mol. The average molecular weight is 424 g/mol. The van der Waals surface area contributed by atoms with Gasteiger partial charge in [-0.2, -0.15) is 0 Å². The maximum atomic E-state index is 12.4. The van der Waals surface area contributed by atoms with Gasteiger partial charge in [-0.25, -0.2) is 15.0 Å². The zero-order valence-corrected chi connectivity index (χ0v) is 15.7. The Morgan fingerprint density at radius 1 is 1.37 bits per heavy atom. The molecule has 2 amide bonds. The number of imidazole rings is 1. The predicted molar refractivity (Wildman–Crippen MR) is 96.2 cm³/mol. The number of imide groups is 1. The summed E-state index contributed by atoms with van der Waals surface area (Å²) in [5.74, 6) is -3.16. The van der Waals surface area contributed by atoms with Crippen molar-refractivity contribution >= 4 is 34.8 Å². The number of carbonyl (C=O) groups is 3. The molecule has 4 heterocycles. The van der Waals surface area contributed by atoms with Gasteiger partial charge in [0.1, 0.15) is 30.2 Å². The number of hydrogen-bond acceptors (Lipinski definition) is 11. The first kappa shape index (κ1) is 21.5. The van der Waals surface area contributed by atoms with E-state index >= 15 is 0 Å². The molecule has 0 aliphatic carbocycles. The van der Waals surface area contributed by atoms with E-state index in [1.54, 1.807) is 0 Å². The van der Waals surface area contributed by atoms with E-state index in [-0.39, 0.29) is 23.4 Å². The smallest absolute Gasteiger partial charge is 0.300 e. The van der Waals surface area contributed by atoms with Gasteiger partial charge in [0.05, 0.1) is 18.9 Å². The Bertz CT molecular complexity index is 991. The normalized spacial score (nSPS) is 30.8. The molecule has 0 unspecified atom stereocenters. The lowest BCUT2D eigenvalue weighted by molar-refractivity contribution is -0.184. The van der Waals surface area contributed by atoms with E-state index in [9.17, 15) is 24.9 Å². The van der Waals surface area contributed by atoms with Crippen LogP contribution in [0, 0.1) is 5.92 Å². The predicted octanol–water partition coefficient (Wildman–Crippen LogP) is -3.07. The van der Waals surface area contributed by atoms with Crippen LogP contribution in [0.1, 0.15) is 13.3 Å². The molecule has 0 spiro atoms. The number of hydrogen-bond donors (Lipinski definition) is 6. The number of anilines is 1. The zero-order valence-electron chi connectivity index (χ0n) is 15.7. The minimum absolute atomic E-state index is 0.0718. The van der Waals surface area contributed by atoms with Crippen molar-refractivity contribution in [2.75, 3.05) is 12.3 Å². The summed E-state index contributed by atoms with van der Waals surface area (Å²) >= 11 is 0. The van der Waals surface area contributed by atoms with Crippen molar-refractivity contribution in [3.05, 3.63) is 12.7 Å². The molecular formula is C16H20N6O8. The molecule has 0 saturated carbocycles. The number of ether oxygens (including phenoxy) is 1. The summed E-state index contributed by atoms with van der Waals surface area (Å²) in [7, 11) is 0. The number of aliphatic hydroxyl groups is 3. The minimum Gasteiger partial charge on any atom is -0.481 e. The maximum Gasteiger partial charge on any atom is 0.300 e. The molecule has 5 atom stereocenters. The minimum atomic E-state index is -1.90. The van der Waals surface area contributed by atoms with Gasteiger partial charge in [-0.15, -0.1) is 0 Å². The SMILES string of the molecule is CC(=O)O.Nc1ncnc2c1ncn2[C@]1([C@@H]2CC(=O)NC2=O)O[C@H](CO)[C@@H](O)[C@H]1O. The number of nitrogens with one attached hydrogen (secondary N) is 1. The first-order valence-corrected chi connectivity index (χ1v) is 8.75. The van der Waals surface area contributed by atoms with Crippen LogP contribution in [-0.4, -0.2) is 82.6 Å². The van der Waals surface area contributed by atoms with Gasteiger partial charge in [-0.3, -0.25) is 24.3 Å². The summed E-state index contributed by atoms with van der Waals surface area (Å²) in [6, 6.07) is 0. The summed E-state index contributed by atoms with van der Waals surface area (Å²) in [6.45, 7) is 0.478. The first-order chi connectivity index (χ1) is 14.1. The van der Waals surface area contributed by atoms with Crippen molar-refractivity contribution in [2.45, 2.75) is 37.4 Å². The van der Waals surface area contributed by atoms with Crippen molar-refractivity contribution in [3.8, 4) is 0 Å². The van der Waals surface area contributed by atoms with Crippen LogP contribution < -0.4 is 11.1 Å². The fourth-order valence-corrected chi connectivity index (χ4v) is 3.63. The Kier molecular flexibility index (Phi) is 5.67. The van der Waals surface area contributed by atoms with Crippen LogP contribution in [0.5, 0.6) is 0 Å². The molecule has 7 N–H and O–H groups in total. The highest BCUT2D eigenvalue weighted by molar-refractivity contribution is 6.04. The van der Waals surface area contributed by atoms with Crippen LogP contribution in [0.2, 0.25) is 0 Å². The number of nitrogens with two attached hydrogens (primary N) is 1.